The molecule has 1 heterocycles. The number of amides is 1. The maximum Gasteiger partial charge on any atom is 0.238 e. The van der Waals surface area contributed by atoms with Crippen LogP contribution >= 0.6 is 11.8 Å². The fourth-order valence-electron chi connectivity index (χ4n) is 3.11. The molecule has 3 aromatic rings. The molecular formula is C21H26N4O3S2. The summed E-state index contributed by atoms with van der Waals surface area (Å²) in [5.74, 6) is 0.928. The lowest BCUT2D eigenvalue weighted by atomic mass is 10.2. The zero-order chi connectivity index (χ0) is 21.6. The third-order valence-electron chi connectivity index (χ3n) is 4.61. The molecule has 0 unspecified atom stereocenters. The number of H-pyrrole nitrogens is 1. The van der Waals surface area contributed by atoms with Crippen LogP contribution in [0.15, 0.2) is 54.6 Å². The van der Waals surface area contributed by atoms with Gasteiger partial charge in [0, 0.05) is 0 Å². The summed E-state index contributed by atoms with van der Waals surface area (Å²) in [6.07, 6.45) is 2.67. The zero-order valence-corrected chi connectivity index (χ0v) is 18.6. The van der Waals surface area contributed by atoms with Gasteiger partial charge in [-0.05, 0) is 43.0 Å². The number of carbonyl (C=O) groups excluding carboxylic acids is 1. The predicted octanol–water partition coefficient (Wildman–Crippen LogP) is 2.98. The third kappa shape index (κ3) is 6.07. The lowest BCUT2D eigenvalue weighted by Crippen LogP contribution is -2.46. The number of aromatic nitrogens is 2. The first-order valence-corrected chi connectivity index (χ1v) is 12.7. The molecule has 1 aromatic heterocycles. The zero-order valence-electron chi connectivity index (χ0n) is 17.0. The summed E-state index contributed by atoms with van der Waals surface area (Å²) >= 11 is 1.67. The lowest BCUT2D eigenvalue weighted by molar-refractivity contribution is -0.123. The van der Waals surface area contributed by atoms with Crippen molar-refractivity contribution in [2.24, 2.45) is 0 Å². The van der Waals surface area contributed by atoms with Crippen molar-refractivity contribution >= 4 is 38.7 Å². The minimum atomic E-state index is -3.66. The summed E-state index contributed by atoms with van der Waals surface area (Å²) in [4.78, 5) is 20.6. The first-order valence-electron chi connectivity index (χ1n) is 9.66. The SMILES string of the molecule is CSCC[C@@H](NC(=O)[C@H](C)NS(=O)(=O)Cc1ccccc1)c1nc2ccccc2[nH]1. The molecule has 9 heteroatoms. The van der Waals surface area contributed by atoms with Gasteiger partial charge in [-0.1, -0.05) is 42.5 Å². The van der Waals surface area contributed by atoms with Crippen LogP contribution in [0.1, 0.15) is 30.8 Å². The number of benzene rings is 2. The topological polar surface area (TPSA) is 104 Å². The van der Waals surface area contributed by atoms with Gasteiger partial charge in [0.2, 0.25) is 15.9 Å². The maximum absolute atomic E-state index is 12.7. The van der Waals surface area contributed by atoms with Crippen molar-refractivity contribution in [1.82, 2.24) is 20.0 Å². The molecule has 1 amide bonds. The molecule has 0 saturated carbocycles. The van der Waals surface area contributed by atoms with E-state index in [2.05, 4.69) is 20.0 Å². The number of hydrogen-bond donors (Lipinski definition) is 3. The van der Waals surface area contributed by atoms with Crippen LogP contribution in [0.25, 0.3) is 11.0 Å². The predicted molar refractivity (Wildman–Crippen MR) is 122 cm³/mol. The number of nitrogens with zero attached hydrogens (tertiary/aromatic N) is 1. The highest BCUT2D eigenvalue weighted by molar-refractivity contribution is 7.98. The van der Waals surface area contributed by atoms with Gasteiger partial charge in [-0.15, -0.1) is 0 Å². The van der Waals surface area contributed by atoms with Gasteiger partial charge in [0.15, 0.2) is 0 Å². The summed E-state index contributed by atoms with van der Waals surface area (Å²) in [6, 6.07) is 15.3. The molecule has 0 aliphatic heterocycles. The van der Waals surface area contributed by atoms with Crippen LogP contribution in [0.3, 0.4) is 0 Å². The van der Waals surface area contributed by atoms with E-state index in [9.17, 15) is 13.2 Å². The largest absolute Gasteiger partial charge is 0.345 e. The van der Waals surface area contributed by atoms with Crippen LogP contribution in [-0.2, 0) is 20.6 Å². The second kappa shape index (κ2) is 10.1. The Morgan fingerprint density at radius 1 is 1.13 bits per heavy atom. The van der Waals surface area contributed by atoms with Crippen LogP contribution in [0.4, 0.5) is 0 Å². The fourth-order valence-corrected chi connectivity index (χ4v) is 4.94. The van der Waals surface area contributed by atoms with E-state index in [-0.39, 0.29) is 11.8 Å². The Balaban J connectivity index is 1.68. The normalized spacial score (nSPS) is 13.8. The summed E-state index contributed by atoms with van der Waals surface area (Å²) in [5.41, 5.74) is 2.39. The number of para-hydroxylation sites is 2. The number of imidazole rings is 1. The molecule has 160 valence electrons. The molecule has 3 N–H and O–H groups in total. The Morgan fingerprint density at radius 3 is 2.53 bits per heavy atom. The van der Waals surface area contributed by atoms with Gasteiger partial charge in [-0.3, -0.25) is 4.79 Å². The summed E-state index contributed by atoms with van der Waals surface area (Å²) in [5, 5.41) is 2.94. The lowest BCUT2D eigenvalue weighted by Gasteiger charge is -2.20. The summed E-state index contributed by atoms with van der Waals surface area (Å²) in [7, 11) is -3.66. The Kier molecular flexibility index (Phi) is 7.52. The molecule has 3 rings (SSSR count). The molecule has 0 aliphatic carbocycles. The van der Waals surface area contributed by atoms with Crippen LogP contribution in [0.5, 0.6) is 0 Å². The highest BCUT2D eigenvalue weighted by Crippen LogP contribution is 2.20. The van der Waals surface area contributed by atoms with Gasteiger partial charge >= 0.3 is 0 Å². The molecule has 0 bridgehead atoms. The average Bonchev–Trinajstić information content (AvgIpc) is 3.15. The Hall–Kier alpha value is -2.36. The third-order valence-corrected chi connectivity index (χ3v) is 6.68. The first kappa shape index (κ1) is 22.3. The van der Waals surface area contributed by atoms with Gasteiger partial charge in [0.25, 0.3) is 0 Å². The standard InChI is InChI=1S/C21H26N4O3S2/c1-15(25-30(27,28)14-16-8-4-3-5-9-16)21(26)24-19(12-13-29-2)20-22-17-10-6-7-11-18(17)23-20/h3-11,15,19,25H,12-14H2,1-2H3,(H,22,23)(H,24,26)/t15-,19+/m0/s1. The Bertz CT molecular complexity index is 1050. The van der Waals surface area contributed by atoms with E-state index in [0.717, 1.165) is 16.8 Å². The van der Waals surface area contributed by atoms with Gasteiger partial charge in [-0.2, -0.15) is 11.8 Å². The number of sulfonamides is 1. The highest BCUT2D eigenvalue weighted by Gasteiger charge is 2.24. The average molecular weight is 447 g/mol. The second-order valence-corrected chi connectivity index (χ2v) is 9.81. The molecular weight excluding hydrogens is 420 g/mol. The molecule has 0 radical (unpaired) electrons. The fraction of sp³-hybridized carbons (Fsp3) is 0.333. The molecule has 0 aliphatic rings. The van der Waals surface area contributed by atoms with E-state index in [1.54, 1.807) is 43.0 Å². The van der Waals surface area contributed by atoms with Crippen LogP contribution in [-0.4, -0.2) is 42.3 Å². The van der Waals surface area contributed by atoms with Gasteiger partial charge < -0.3 is 10.3 Å². The monoisotopic (exact) mass is 446 g/mol. The van der Waals surface area contributed by atoms with Crippen molar-refractivity contribution in [3.8, 4) is 0 Å². The number of rotatable bonds is 10. The minimum Gasteiger partial charge on any atom is -0.345 e. The summed E-state index contributed by atoms with van der Waals surface area (Å²) < 4.78 is 27.4. The summed E-state index contributed by atoms with van der Waals surface area (Å²) in [6.45, 7) is 1.54. The van der Waals surface area contributed by atoms with E-state index >= 15 is 0 Å². The van der Waals surface area contributed by atoms with Gasteiger partial charge in [-0.25, -0.2) is 18.1 Å². The first-order chi connectivity index (χ1) is 14.4. The molecule has 2 aromatic carbocycles. The molecule has 0 saturated heterocycles. The van der Waals surface area contributed by atoms with E-state index in [1.807, 2.05) is 36.6 Å². The number of carbonyl (C=O) groups is 1. The van der Waals surface area contributed by atoms with Crippen LogP contribution in [0, 0.1) is 0 Å². The quantitative estimate of drug-likeness (QED) is 0.444. The van der Waals surface area contributed by atoms with Crippen molar-refractivity contribution in [2.45, 2.75) is 31.2 Å². The minimum absolute atomic E-state index is 0.176. The van der Waals surface area contributed by atoms with Gasteiger partial charge in [0.1, 0.15) is 5.82 Å². The Morgan fingerprint density at radius 2 is 1.83 bits per heavy atom. The smallest absolute Gasteiger partial charge is 0.238 e. The molecule has 0 spiro atoms. The molecule has 30 heavy (non-hydrogen) atoms. The second-order valence-electron chi connectivity index (χ2n) is 7.07. The van der Waals surface area contributed by atoms with Crippen LogP contribution in [0.2, 0.25) is 0 Å². The van der Waals surface area contributed by atoms with Crippen molar-refractivity contribution in [2.75, 3.05) is 12.0 Å². The maximum atomic E-state index is 12.7. The number of hydrogen-bond acceptors (Lipinski definition) is 5. The van der Waals surface area contributed by atoms with E-state index < -0.39 is 22.0 Å². The molecule has 7 nitrogen and oxygen atoms in total. The highest BCUT2D eigenvalue weighted by atomic mass is 32.2. The van der Waals surface area contributed by atoms with Crippen LogP contribution < -0.4 is 10.0 Å². The molecule has 2 atom stereocenters. The number of nitrogens with one attached hydrogen (secondary N) is 3. The van der Waals surface area contributed by atoms with E-state index in [1.165, 1.54) is 0 Å². The van der Waals surface area contributed by atoms with Gasteiger partial charge in [0.05, 0.1) is 28.9 Å². The van der Waals surface area contributed by atoms with Crippen molar-refractivity contribution in [1.29, 1.82) is 0 Å². The Labute approximate surface area is 181 Å². The van der Waals surface area contributed by atoms with Crippen molar-refractivity contribution < 1.29 is 13.2 Å². The van der Waals surface area contributed by atoms with Crippen molar-refractivity contribution in [3.05, 3.63) is 66.0 Å². The van der Waals surface area contributed by atoms with E-state index in [0.29, 0.717) is 17.8 Å². The van der Waals surface area contributed by atoms with E-state index in [4.69, 9.17) is 0 Å². The van der Waals surface area contributed by atoms with Crippen molar-refractivity contribution in [3.63, 3.8) is 0 Å². The number of thioether (sulfide) groups is 1. The number of fused-ring (bicyclic) bond motifs is 1. The number of aromatic amines is 1. The molecule has 0 fully saturated rings.